The zero-order valence-electron chi connectivity index (χ0n) is 10.8. The quantitative estimate of drug-likeness (QED) is 0.682. The van der Waals surface area contributed by atoms with E-state index in [4.69, 9.17) is 0 Å². The minimum atomic E-state index is 0.302. The van der Waals surface area contributed by atoms with Crippen LogP contribution in [0.1, 0.15) is 67.1 Å². The molecule has 0 radical (unpaired) electrons. The van der Waals surface area contributed by atoms with Crippen LogP contribution < -0.4 is 0 Å². The van der Waals surface area contributed by atoms with Crippen molar-refractivity contribution in [2.24, 2.45) is 5.92 Å². The first-order valence-corrected chi connectivity index (χ1v) is 8.61. The Morgan fingerprint density at radius 2 is 2.28 bits per heavy atom. The molecule has 2 atom stereocenters. The molecule has 1 saturated carbocycles. The Morgan fingerprint density at radius 3 is 3.06 bits per heavy atom. The minimum Gasteiger partial charge on any atom is -0.294 e. The van der Waals surface area contributed by atoms with E-state index in [0.717, 1.165) is 28.1 Å². The maximum absolute atomic E-state index is 12.3. The van der Waals surface area contributed by atoms with Crippen LogP contribution in [0, 0.1) is 5.92 Å². The van der Waals surface area contributed by atoms with Gasteiger partial charge in [0, 0.05) is 22.3 Å². The molecule has 0 saturated heterocycles. The van der Waals surface area contributed by atoms with Crippen LogP contribution in [0.2, 0.25) is 0 Å². The van der Waals surface area contributed by atoms with Gasteiger partial charge in [0.2, 0.25) is 0 Å². The summed E-state index contributed by atoms with van der Waals surface area (Å²) in [5.41, 5.74) is 1.33. The number of halogens is 1. The Labute approximate surface area is 121 Å². The molecule has 0 spiro atoms. The lowest BCUT2D eigenvalue weighted by molar-refractivity contribution is 0.0971. The van der Waals surface area contributed by atoms with Gasteiger partial charge >= 0.3 is 0 Å². The molecule has 0 aromatic carbocycles. The lowest BCUT2D eigenvalue weighted by Crippen LogP contribution is -2.36. The van der Waals surface area contributed by atoms with Crippen molar-refractivity contribution < 1.29 is 4.79 Å². The Kier molecular flexibility index (Phi) is 3.39. The number of hydrogen-bond acceptors (Lipinski definition) is 2. The molecule has 2 aliphatic rings. The Hall–Kier alpha value is -0.150. The van der Waals surface area contributed by atoms with Gasteiger partial charge in [-0.15, -0.1) is 11.3 Å². The van der Waals surface area contributed by atoms with E-state index in [9.17, 15) is 4.79 Å². The van der Waals surface area contributed by atoms with Crippen LogP contribution >= 0.6 is 27.3 Å². The monoisotopic (exact) mass is 326 g/mol. The maximum Gasteiger partial charge on any atom is 0.164 e. The molecular weight excluding hydrogens is 308 g/mol. The summed E-state index contributed by atoms with van der Waals surface area (Å²) in [5.74, 6) is 1.10. The van der Waals surface area contributed by atoms with Crippen LogP contribution in [0.4, 0.5) is 0 Å². The van der Waals surface area contributed by atoms with E-state index < -0.39 is 0 Å². The highest BCUT2D eigenvalue weighted by Gasteiger charge is 2.45. The highest BCUT2D eigenvalue weighted by atomic mass is 79.9. The van der Waals surface area contributed by atoms with E-state index in [1.807, 2.05) is 11.3 Å². The van der Waals surface area contributed by atoms with E-state index in [2.05, 4.69) is 28.9 Å². The summed E-state index contributed by atoms with van der Waals surface area (Å²) in [6, 6.07) is 2.07. The standard InChI is InChI=1S/C15H19BrOS/c1-2-15-8-4-3-5-10(15)6-7-12(17)11-9-13(16)18-14(11)15/h9-10H,2-8H2,1H3. The summed E-state index contributed by atoms with van der Waals surface area (Å²) in [7, 11) is 0. The van der Waals surface area contributed by atoms with E-state index in [1.165, 1.54) is 37.0 Å². The number of carbonyl (C=O) groups is 1. The number of Topliss-reactive ketones (excluding diaryl/α,β-unsaturated/α-hetero) is 1. The van der Waals surface area contributed by atoms with Gasteiger partial charge in [0.1, 0.15) is 0 Å². The first-order chi connectivity index (χ1) is 8.67. The van der Waals surface area contributed by atoms with Crippen LogP contribution in [-0.2, 0) is 5.41 Å². The lowest BCUT2D eigenvalue weighted by atomic mass is 9.63. The van der Waals surface area contributed by atoms with Crippen molar-refractivity contribution in [2.75, 3.05) is 0 Å². The van der Waals surface area contributed by atoms with Crippen molar-refractivity contribution in [3.05, 3.63) is 20.3 Å². The van der Waals surface area contributed by atoms with Gasteiger partial charge in [0.25, 0.3) is 0 Å². The Morgan fingerprint density at radius 1 is 1.44 bits per heavy atom. The van der Waals surface area contributed by atoms with Crippen LogP contribution in [-0.4, -0.2) is 5.78 Å². The molecule has 2 unspecified atom stereocenters. The molecule has 1 aromatic heterocycles. The third-order valence-corrected chi connectivity index (χ3v) is 6.87. The molecule has 0 aliphatic heterocycles. The fraction of sp³-hybridized carbons (Fsp3) is 0.667. The normalized spacial score (nSPS) is 31.7. The largest absolute Gasteiger partial charge is 0.294 e. The first kappa shape index (κ1) is 12.9. The van der Waals surface area contributed by atoms with E-state index in [0.29, 0.717) is 11.2 Å². The molecular formula is C15H19BrOS. The Balaban J connectivity index is 2.17. The van der Waals surface area contributed by atoms with Crippen LogP contribution in [0.25, 0.3) is 0 Å². The second-order valence-electron chi connectivity index (χ2n) is 5.71. The van der Waals surface area contributed by atoms with Crippen LogP contribution in [0.15, 0.2) is 9.85 Å². The molecule has 1 nitrogen and oxygen atoms in total. The van der Waals surface area contributed by atoms with Crippen molar-refractivity contribution in [1.82, 2.24) is 0 Å². The number of rotatable bonds is 1. The van der Waals surface area contributed by atoms with Crippen molar-refractivity contribution in [1.29, 1.82) is 0 Å². The predicted molar refractivity (Wildman–Crippen MR) is 79.5 cm³/mol. The fourth-order valence-corrected chi connectivity index (χ4v) is 6.02. The second kappa shape index (κ2) is 4.75. The summed E-state index contributed by atoms with van der Waals surface area (Å²) in [4.78, 5) is 13.7. The zero-order valence-corrected chi connectivity index (χ0v) is 13.2. The topological polar surface area (TPSA) is 17.1 Å². The average molecular weight is 327 g/mol. The molecule has 0 N–H and O–H groups in total. The predicted octanol–water partition coefficient (Wildman–Crippen LogP) is 5.33. The van der Waals surface area contributed by atoms with Crippen LogP contribution in [0.5, 0.6) is 0 Å². The van der Waals surface area contributed by atoms with Crippen molar-refractivity contribution >= 4 is 33.0 Å². The molecule has 1 aromatic rings. The average Bonchev–Trinajstić information content (AvgIpc) is 2.74. The third-order valence-electron chi connectivity index (χ3n) is 5.01. The lowest BCUT2D eigenvalue weighted by Gasteiger charge is -2.43. The van der Waals surface area contributed by atoms with E-state index in [1.54, 1.807) is 0 Å². The molecule has 0 bridgehead atoms. The van der Waals surface area contributed by atoms with Crippen molar-refractivity contribution in [2.45, 2.75) is 57.3 Å². The minimum absolute atomic E-state index is 0.302. The Bertz CT molecular complexity index is 479. The smallest absolute Gasteiger partial charge is 0.164 e. The highest BCUT2D eigenvalue weighted by molar-refractivity contribution is 9.11. The van der Waals surface area contributed by atoms with Gasteiger partial charge in [-0.05, 0) is 53.6 Å². The van der Waals surface area contributed by atoms with Gasteiger partial charge in [-0.1, -0.05) is 19.8 Å². The second-order valence-corrected chi connectivity index (χ2v) is 8.14. The van der Waals surface area contributed by atoms with Gasteiger partial charge in [-0.3, -0.25) is 4.79 Å². The zero-order chi connectivity index (χ0) is 12.8. The fourth-order valence-electron chi connectivity index (χ4n) is 4.04. The molecule has 3 heteroatoms. The SMILES string of the molecule is CCC12CCCCC1CCC(=O)c1cc(Br)sc12. The molecule has 98 valence electrons. The molecule has 1 heterocycles. The highest BCUT2D eigenvalue weighted by Crippen LogP contribution is 2.53. The van der Waals surface area contributed by atoms with Gasteiger partial charge in [0.05, 0.1) is 3.79 Å². The molecule has 3 rings (SSSR count). The molecule has 2 aliphatic carbocycles. The van der Waals surface area contributed by atoms with E-state index in [-0.39, 0.29) is 0 Å². The van der Waals surface area contributed by atoms with Gasteiger partial charge in [-0.25, -0.2) is 0 Å². The summed E-state index contributed by atoms with van der Waals surface area (Å²) >= 11 is 5.39. The molecule has 0 amide bonds. The summed E-state index contributed by atoms with van der Waals surface area (Å²) in [6.07, 6.45) is 8.31. The number of fused-ring (bicyclic) bond motifs is 3. The van der Waals surface area contributed by atoms with Crippen molar-refractivity contribution in [3.8, 4) is 0 Å². The maximum atomic E-state index is 12.3. The molecule has 1 fully saturated rings. The number of carbonyl (C=O) groups excluding carboxylic acids is 1. The van der Waals surface area contributed by atoms with E-state index >= 15 is 0 Å². The van der Waals surface area contributed by atoms with Crippen molar-refractivity contribution in [3.63, 3.8) is 0 Å². The van der Waals surface area contributed by atoms with Gasteiger partial charge in [-0.2, -0.15) is 0 Å². The third kappa shape index (κ3) is 1.82. The first-order valence-electron chi connectivity index (χ1n) is 7.00. The summed E-state index contributed by atoms with van der Waals surface area (Å²) in [5, 5.41) is 0. The van der Waals surface area contributed by atoms with Crippen LogP contribution in [0.3, 0.4) is 0 Å². The number of ketones is 1. The summed E-state index contributed by atoms with van der Waals surface area (Å²) in [6.45, 7) is 2.31. The summed E-state index contributed by atoms with van der Waals surface area (Å²) < 4.78 is 1.12. The van der Waals surface area contributed by atoms with Gasteiger partial charge < -0.3 is 0 Å². The molecule has 18 heavy (non-hydrogen) atoms. The van der Waals surface area contributed by atoms with Gasteiger partial charge in [0.15, 0.2) is 5.78 Å². The number of hydrogen-bond donors (Lipinski definition) is 0. The number of thiophene rings is 1.